The largest absolute Gasteiger partial charge is 0.488 e. The van der Waals surface area contributed by atoms with Crippen molar-refractivity contribution in [1.29, 1.82) is 5.26 Å². The lowest BCUT2D eigenvalue weighted by molar-refractivity contribution is 0.116. The first kappa shape index (κ1) is 8.33. The van der Waals surface area contributed by atoms with Crippen molar-refractivity contribution in [2.75, 3.05) is 13.2 Å². The Morgan fingerprint density at radius 2 is 2.27 bits per heavy atom. The van der Waals surface area contributed by atoms with Crippen LogP contribution in [0.1, 0.15) is 11.1 Å². The van der Waals surface area contributed by atoms with E-state index in [0.717, 1.165) is 22.6 Å². The number of hydroxylamine groups is 1. The molecule has 0 saturated heterocycles. The lowest BCUT2D eigenvalue weighted by Gasteiger charge is -2.18. The van der Waals surface area contributed by atoms with Gasteiger partial charge in [-0.15, -0.1) is 0 Å². The second kappa shape index (κ2) is 3.01. The van der Waals surface area contributed by atoms with Gasteiger partial charge in [0.05, 0.1) is 17.3 Å². The Bertz CT molecular complexity index is 500. The fraction of sp³-hybridized carbons (Fsp3) is 0.182. The van der Waals surface area contributed by atoms with E-state index in [4.69, 9.17) is 14.8 Å². The number of hydrogen-bond donors (Lipinski definition) is 1. The standard InChI is InChI=1S/C11H8N2O2/c12-4-7-1-2-9-10(3-7)14-5-8-6-15-13-11(8)9/h1-3,13H,5-6H2. The molecule has 0 aromatic heterocycles. The molecule has 0 bridgehead atoms. The summed E-state index contributed by atoms with van der Waals surface area (Å²) in [5.41, 5.74) is 6.55. The number of rotatable bonds is 0. The Kier molecular flexibility index (Phi) is 1.67. The van der Waals surface area contributed by atoms with Gasteiger partial charge in [0, 0.05) is 11.1 Å². The van der Waals surface area contributed by atoms with E-state index < -0.39 is 0 Å². The van der Waals surface area contributed by atoms with Gasteiger partial charge < -0.3 is 4.74 Å². The average molecular weight is 200 g/mol. The quantitative estimate of drug-likeness (QED) is 0.683. The van der Waals surface area contributed by atoms with Gasteiger partial charge in [0.25, 0.3) is 0 Å². The highest BCUT2D eigenvalue weighted by Crippen LogP contribution is 2.34. The fourth-order valence-electron chi connectivity index (χ4n) is 1.78. The summed E-state index contributed by atoms with van der Waals surface area (Å²) in [6, 6.07) is 7.49. The van der Waals surface area contributed by atoms with Crippen LogP contribution in [0.25, 0.3) is 5.70 Å². The van der Waals surface area contributed by atoms with Gasteiger partial charge in [-0.3, -0.25) is 10.3 Å². The van der Waals surface area contributed by atoms with Gasteiger partial charge >= 0.3 is 0 Å². The minimum atomic E-state index is 0.532. The zero-order chi connectivity index (χ0) is 10.3. The van der Waals surface area contributed by atoms with Crippen molar-refractivity contribution < 1.29 is 9.57 Å². The zero-order valence-electron chi connectivity index (χ0n) is 7.91. The van der Waals surface area contributed by atoms with Crippen LogP contribution in [-0.2, 0) is 4.84 Å². The molecule has 2 aliphatic rings. The molecule has 1 aromatic rings. The molecule has 0 atom stereocenters. The molecule has 4 nitrogen and oxygen atoms in total. The van der Waals surface area contributed by atoms with Crippen molar-refractivity contribution in [3.8, 4) is 11.8 Å². The summed E-state index contributed by atoms with van der Waals surface area (Å²) in [5.74, 6) is 0.741. The molecule has 2 heterocycles. The molecule has 0 fully saturated rings. The van der Waals surface area contributed by atoms with E-state index in [1.807, 2.05) is 6.07 Å². The van der Waals surface area contributed by atoms with Crippen molar-refractivity contribution in [1.82, 2.24) is 5.48 Å². The number of benzene rings is 1. The SMILES string of the molecule is N#Cc1ccc2c(c1)OCC1=C2NOC1. The molecule has 0 spiro atoms. The fourth-order valence-corrected chi connectivity index (χ4v) is 1.78. The summed E-state index contributed by atoms with van der Waals surface area (Å²) in [5, 5.41) is 8.77. The number of fused-ring (bicyclic) bond motifs is 2. The molecule has 0 unspecified atom stereocenters. The van der Waals surface area contributed by atoms with Crippen LogP contribution in [0.3, 0.4) is 0 Å². The summed E-state index contributed by atoms with van der Waals surface area (Å²) in [6.45, 7) is 1.10. The predicted octanol–water partition coefficient (Wildman–Crippen LogP) is 1.20. The number of nitrogens with zero attached hydrogens (tertiary/aromatic N) is 1. The monoisotopic (exact) mass is 200 g/mol. The Hall–Kier alpha value is -1.99. The van der Waals surface area contributed by atoms with Gasteiger partial charge in [0.2, 0.25) is 0 Å². The van der Waals surface area contributed by atoms with E-state index in [9.17, 15) is 0 Å². The second-order valence-electron chi connectivity index (χ2n) is 3.48. The van der Waals surface area contributed by atoms with Crippen LogP contribution in [0.2, 0.25) is 0 Å². The first-order valence-corrected chi connectivity index (χ1v) is 4.65. The molecule has 0 aliphatic carbocycles. The molecule has 0 radical (unpaired) electrons. The molecule has 2 aliphatic heterocycles. The molecule has 0 amide bonds. The Labute approximate surface area is 86.7 Å². The van der Waals surface area contributed by atoms with Gasteiger partial charge in [0.1, 0.15) is 19.0 Å². The number of nitrogens with one attached hydrogen (secondary N) is 1. The Morgan fingerprint density at radius 1 is 1.33 bits per heavy atom. The predicted molar refractivity (Wildman–Crippen MR) is 52.7 cm³/mol. The average Bonchev–Trinajstić information content (AvgIpc) is 2.76. The van der Waals surface area contributed by atoms with Crippen molar-refractivity contribution in [2.45, 2.75) is 0 Å². The van der Waals surface area contributed by atoms with Crippen LogP contribution < -0.4 is 10.2 Å². The van der Waals surface area contributed by atoms with Gasteiger partial charge in [0.15, 0.2) is 0 Å². The van der Waals surface area contributed by atoms with E-state index in [-0.39, 0.29) is 0 Å². The topological polar surface area (TPSA) is 54.3 Å². The van der Waals surface area contributed by atoms with Gasteiger partial charge in [-0.25, -0.2) is 0 Å². The van der Waals surface area contributed by atoms with Crippen LogP contribution in [0.15, 0.2) is 23.8 Å². The van der Waals surface area contributed by atoms with E-state index in [0.29, 0.717) is 18.8 Å². The molecule has 15 heavy (non-hydrogen) atoms. The maximum absolute atomic E-state index is 8.77. The third-order valence-corrected chi connectivity index (χ3v) is 2.56. The number of hydrogen-bond acceptors (Lipinski definition) is 4. The van der Waals surface area contributed by atoms with Crippen molar-refractivity contribution >= 4 is 5.70 Å². The molecule has 3 rings (SSSR count). The van der Waals surface area contributed by atoms with Gasteiger partial charge in [-0.1, -0.05) is 0 Å². The van der Waals surface area contributed by atoms with Gasteiger partial charge in [-0.05, 0) is 18.2 Å². The van der Waals surface area contributed by atoms with Crippen LogP contribution in [-0.4, -0.2) is 13.2 Å². The third kappa shape index (κ3) is 1.17. The lowest BCUT2D eigenvalue weighted by atomic mass is 10.0. The third-order valence-electron chi connectivity index (χ3n) is 2.56. The zero-order valence-corrected chi connectivity index (χ0v) is 7.91. The summed E-state index contributed by atoms with van der Waals surface area (Å²) < 4.78 is 5.55. The van der Waals surface area contributed by atoms with E-state index in [1.165, 1.54) is 0 Å². The van der Waals surface area contributed by atoms with Crippen LogP contribution in [0.4, 0.5) is 0 Å². The minimum absolute atomic E-state index is 0.532. The minimum Gasteiger partial charge on any atom is -0.488 e. The summed E-state index contributed by atoms with van der Waals surface area (Å²) in [7, 11) is 0. The molecule has 4 heteroatoms. The highest BCUT2D eigenvalue weighted by atomic mass is 16.7. The Balaban J connectivity index is 2.14. The number of ether oxygens (including phenoxy) is 1. The first-order chi connectivity index (χ1) is 7.38. The highest BCUT2D eigenvalue weighted by Gasteiger charge is 2.24. The number of nitriles is 1. The first-order valence-electron chi connectivity index (χ1n) is 4.65. The molecule has 1 aromatic carbocycles. The normalized spacial score (nSPS) is 17.3. The maximum Gasteiger partial charge on any atom is 0.130 e. The van der Waals surface area contributed by atoms with E-state index in [2.05, 4.69) is 11.5 Å². The van der Waals surface area contributed by atoms with Crippen LogP contribution >= 0.6 is 0 Å². The van der Waals surface area contributed by atoms with E-state index >= 15 is 0 Å². The summed E-state index contributed by atoms with van der Waals surface area (Å²) in [4.78, 5) is 5.14. The van der Waals surface area contributed by atoms with Crippen LogP contribution in [0, 0.1) is 11.3 Å². The molecular formula is C11H8N2O2. The lowest BCUT2D eigenvalue weighted by Crippen LogP contribution is -2.13. The van der Waals surface area contributed by atoms with Crippen LogP contribution in [0.5, 0.6) is 5.75 Å². The van der Waals surface area contributed by atoms with Crippen molar-refractivity contribution in [2.24, 2.45) is 0 Å². The molecule has 1 N–H and O–H groups in total. The summed E-state index contributed by atoms with van der Waals surface area (Å²) in [6.07, 6.45) is 0. The molecule has 0 saturated carbocycles. The highest BCUT2D eigenvalue weighted by molar-refractivity contribution is 5.75. The van der Waals surface area contributed by atoms with Crippen molar-refractivity contribution in [3.63, 3.8) is 0 Å². The molecule has 74 valence electrons. The van der Waals surface area contributed by atoms with Crippen molar-refractivity contribution in [3.05, 3.63) is 34.9 Å². The maximum atomic E-state index is 8.77. The van der Waals surface area contributed by atoms with E-state index in [1.54, 1.807) is 12.1 Å². The molecular weight excluding hydrogens is 192 g/mol. The summed E-state index contributed by atoms with van der Waals surface area (Å²) >= 11 is 0. The second-order valence-corrected chi connectivity index (χ2v) is 3.48. The Morgan fingerprint density at radius 3 is 3.13 bits per heavy atom. The van der Waals surface area contributed by atoms with Gasteiger partial charge in [-0.2, -0.15) is 5.26 Å². The smallest absolute Gasteiger partial charge is 0.130 e.